The van der Waals surface area contributed by atoms with Crippen molar-refractivity contribution in [3.8, 4) is 0 Å². The first-order valence-electron chi connectivity index (χ1n) is 10.1. The Labute approximate surface area is 191 Å². The first-order valence-corrected chi connectivity index (χ1v) is 10.1. The van der Waals surface area contributed by atoms with Gasteiger partial charge >= 0.3 is 5.97 Å². The molecule has 2 amide bonds. The Hall–Kier alpha value is -4.52. The van der Waals surface area contributed by atoms with Crippen LogP contribution in [0.25, 0.3) is 6.08 Å². The molecule has 0 bridgehead atoms. The minimum Gasteiger partial charge on any atom is -0.451 e. The van der Waals surface area contributed by atoms with Crippen molar-refractivity contribution in [2.24, 2.45) is 0 Å². The van der Waals surface area contributed by atoms with Crippen molar-refractivity contribution in [1.82, 2.24) is 5.32 Å². The molecule has 0 unspecified atom stereocenters. The van der Waals surface area contributed by atoms with E-state index in [9.17, 15) is 19.2 Å². The average molecular weight is 442 g/mol. The van der Waals surface area contributed by atoms with Gasteiger partial charge in [0.2, 0.25) is 5.91 Å². The summed E-state index contributed by atoms with van der Waals surface area (Å²) in [4.78, 5) is 49.2. The molecule has 0 aliphatic heterocycles. The Kier molecular flexibility index (Phi) is 7.86. The third-order valence-corrected chi connectivity index (χ3v) is 4.46. The zero-order valence-corrected chi connectivity index (χ0v) is 17.9. The lowest BCUT2D eigenvalue weighted by molar-refractivity contribution is -0.144. The smallest absolute Gasteiger partial charge is 0.355 e. The molecule has 0 radical (unpaired) electrons. The first-order chi connectivity index (χ1) is 15.9. The van der Waals surface area contributed by atoms with E-state index in [1.165, 1.54) is 13.0 Å². The van der Waals surface area contributed by atoms with Crippen LogP contribution in [0.3, 0.4) is 0 Å². The normalized spacial score (nSPS) is 10.8. The molecule has 3 aromatic carbocycles. The highest BCUT2D eigenvalue weighted by atomic mass is 16.5. The predicted octanol–water partition coefficient (Wildman–Crippen LogP) is 3.58. The summed E-state index contributed by atoms with van der Waals surface area (Å²) in [5.74, 6) is -2.19. The number of hydrogen-bond acceptors (Lipinski definition) is 5. The van der Waals surface area contributed by atoms with Crippen LogP contribution in [0, 0.1) is 0 Å². The summed E-state index contributed by atoms with van der Waals surface area (Å²) in [6.07, 6.45) is 1.45. The van der Waals surface area contributed by atoms with Crippen LogP contribution in [-0.4, -0.2) is 30.2 Å². The number of ketones is 1. The molecular formula is C26H22N2O5. The molecule has 0 heterocycles. The van der Waals surface area contributed by atoms with Crippen molar-refractivity contribution >= 4 is 35.3 Å². The fourth-order valence-electron chi connectivity index (χ4n) is 2.98. The number of amides is 2. The van der Waals surface area contributed by atoms with Crippen molar-refractivity contribution < 1.29 is 23.9 Å². The highest BCUT2D eigenvalue weighted by Crippen LogP contribution is 2.19. The number of benzene rings is 3. The number of carbonyl (C=O) groups excluding carboxylic acids is 4. The summed E-state index contributed by atoms with van der Waals surface area (Å²) in [5, 5.41) is 5.02. The van der Waals surface area contributed by atoms with E-state index in [0.29, 0.717) is 22.4 Å². The maximum Gasteiger partial charge on any atom is 0.355 e. The Morgan fingerprint density at radius 2 is 1.42 bits per heavy atom. The Bertz CT molecular complexity index is 1190. The lowest BCUT2D eigenvalue weighted by atomic mass is 10.0. The number of para-hydroxylation sites is 1. The van der Waals surface area contributed by atoms with Crippen molar-refractivity contribution in [2.75, 3.05) is 11.9 Å². The van der Waals surface area contributed by atoms with Crippen molar-refractivity contribution in [3.05, 3.63) is 107 Å². The second kappa shape index (κ2) is 11.2. The lowest BCUT2D eigenvalue weighted by Crippen LogP contribution is -2.29. The van der Waals surface area contributed by atoms with Crippen LogP contribution in [-0.2, 0) is 19.1 Å². The quantitative estimate of drug-likeness (QED) is 0.315. The average Bonchev–Trinajstić information content (AvgIpc) is 2.83. The van der Waals surface area contributed by atoms with Gasteiger partial charge in [-0.3, -0.25) is 14.4 Å². The zero-order chi connectivity index (χ0) is 23.6. The minimum atomic E-state index is -0.863. The van der Waals surface area contributed by atoms with Crippen LogP contribution in [0.5, 0.6) is 0 Å². The van der Waals surface area contributed by atoms with Crippen LogP contribution in [0.1, 0.15) is 28.4 Å². The van der Waals surface area contributed by atoms with Gasteiger partial charge in [-0.05, 0) is 23.8 Å². The molecule has 0 saturated heterocycles. The number of anilines is 1. The molecule has 33 heavy (non-hydrogen) atoms. The SMILES string of the molecule is CC(=O)N/C(=C/c1ccccc1)C(=O)OCC(=O)Nc1ccccc1C(=O)c1ccccc1. The molecule has 0 aliphatic rings. The highest BCUT2D eigenvalue weighted by Gasteiger charge is 2.17. The van der Waals surface area contributed by atoms with Gasteiger partial charge in [0.1, 0.15) is 5.70 Å². The van der Waals surface area contributed by atoms with Crippen molar-refractivity contribution in [1.29, 1.82) is 0 Å². The summed E-state index contributed by atoms with van der Waals surface area (Å²) in [6.45, 7) is 0.665. The zero-order valence-electron chi connectivity index (χ0n) is 17.9. The van der Waals surface area contributed by atoms with Crippen molar-refractivity contribution in [3.63, 3.8) is 0 Å². The van der Waals surface area contributed by atoms with Crippen LogP contribution in [0.15, 0.2) is 90.6 Å². The number of esters is 1. The lowest BCUT2D eigenvalue weighted by Gasteiger charge is -2.12. The fraction of sp³-hybridized carbons (Fsp3) is 0.0769. The van der Waals surface area contributed by atoms with Gasteiger partial charge in [-0.15, -0.1) is 0 Å². The minimum absolute atomic E-state index is 0.0962. The predicted molar refractivity (Wildman–Crippen MR) is 124 cm³/mol. The molecule has 3 aromatic rings. The van der Waals surface area contributed by atoms with Crippen LogP contribution >= 0.6 is 0 Å². The Balaban J connectivity index is 1.67. The third-order valence-electron chi connectivity index (χ3n) is 4.46. The molecule has 7 nitrogen and oxygen atoms in total. The van der Waals surface area contributed by atoms with E-state index in [0.717, 1.165) is 0 Å². The maximum atomic E-state index is 12.8. The summed E-state index contributed by atoms with van der Waals surface area (Å²) in [5.41, 5.74) is 1.68. The monoisotopic (exact) mass is 442 g/mol. The van der Waals surface area contributed by atoms with E-state index < -0.39 is 24.4 Å². The molecule has 7 heteroatoms. The molecular weight excluding hydrogens is 420 g/mol. The van der Waals surface area contributed by atoms with Gasteiger partial charge in [0.15, 0.2) is 12.4 Å². The molecule has 3 rings (SSSR count). The molecule has 0 aliphatic carbocycles. The van der Waals surface area contributed by atoms with E-state index in [1.807, 2.05) is 6.07 Å². The highest BCUT2D eigenvalue weighted by molar-refractivity contribution is 6.14. The largest absolute Gasteiger partial charge is 0.451 e. The number of ether oxygens (including phenoxy) is 1. The molecule has 0 fully saturated rings. The summed E-state index contributed by atoms with van der Waals surface area (Å²) in [6, 6.07) is 24.1. The third kappa shape index (κ3) is 6.73. The van der Waals surface area contributed by atoms with E-state index in [-0.39, 0.29) is 11.5 Å². The summed E-state index contributed by atoms with van der Waals surface area (Å²) < 4.78 is 5.08. The van der Waals surface area contributed by atoms with Gasteiger partial charge in [-0.1, -0.05) is 72.8 Å². The van der Waals surface area contributed by atoms with Gasteiger partial charge in [-0.25, -0.2) is 4.79 Å². The van der Waals surface area contributed by atoms with E-state index >= 15 is 0 Å². The number of rotatable bonds is 8. The fourth-order valence-corrected chi connectivity index (χ4v) is 2.98. The second-order valence-corrected chi connectivity index (χ2v) is 7.01. The van der Waals surface area contributed by atoms with Crippen LogP contribution < -0.4 is 10.6 Å². The number of nitrogens with one attached hydrogen (secondary N) is 2. The van der Waals surface area contributed by atoms with Crippen LogP contribution in [0.4, 0.5) is 5.69 Å². The summed E-state index contributed by atoms with van der Waals surface area (Å²) >= 11 is 0. The standard InChI is InChI=1S/C26H22N2O5/c1-18(29)27-23(16-19-10-4-2-5-11-19)26(32)33-17-24(30)28-22-15-9-8-14-21(22)25(31)20-12-6-3-7-13-20/h2-16H,17H2,1H3,(H,27,29)(H,28,30)/b23-16+. The topological polar surface area (TPSA) is 102 Å². The van der Waals surface area contributed by atoms with Gasteiger partial charge in [0.25, 0.3) is 5.91 Å². The van der Waals surface area contributed by atoms with E-state index in [4.69, 9.17) is 4.74 Å². The first kappa shape index (κ1) is 23.1. The van der Waals surface area contributed by atoms with Gasteiger partial charge in [0.05, 0.1) is 5.69 Å². The molecule has 166 valence electrons. The molecule has 0 atom stereocenters. The Morgan fingerprint density at radius 1 is 0.818 bits per heavy atom. The van der Waals surface area contributed by atoms with Gasteiger partial charge < -0.3 is 15.4 Å². The van der Waals surface area contributed by atoms with Crippen molar-refractivity contribution in [2.45, 2.75) is 6.92 Å². The van der Waals surface area contributed by atoms with E-state index in [2.05, 4.69) is 10.6 Å². The van der Waals surface area contributed by atoms with Gasteiger partial charge in [0, 0.05) is 18.1 Å². The van der Waals surface area contributed by atoms with Gasteiger partial charge in [-0.2, -0.15) is 0 Å². The second-order valence-electron chi connectivity index (χ2n) is 7.01. The summed E-state index contributed by atoms with van der Waals surface area (Å²) in [7, 11) is 0. The molecule has 2 N–H and O–H groups in total. The Morgan fingerprint density at radius 3 is 2.09 bits per heavy atom. The number of carbonyl (C=O) groups is 4. The molecule has 0 aromatic heterocycles. The number of hydrogen-bond donors (Lipinski definition) is 2. The maximum absolute atomic E-state index is 12.8. The molecule has 0 saturated carbocycles. The van der Waals surface area contributed by atoms with Crippen LogP contribution in [0.2, 0.25) is 0 Å². The molecule has 0 spiro atoms. The van der Waals surface area contributed by atoms with E-state index in [1.54, 1.807) is 78.9 Å².